The molecule has 29 heavy (non-hydrogen) atoms. The lowest BCUT2D eigenvalue weighted by atomic mass is 9.60. The average Bonchev–Trinajstić information content (AvgIpc) is 3.03. The van der Waals surface area contributed by atoms with E-state index in [1.54, 1.807) is 16.7 Å². The first-order valence-electron chi connectivity index (χ1n) is 12.2. The van der Waals surface area contributed by atoms with Crippen LogP contribution in [0.1, 0.15) is 94.0 Å². The molecule has 1 heteroatoms. The smallest absolute Gasteiger partial charge is 0.0583 e. The maximum Gasteiger partial charge on any atom is 0.0583 e. The molecule has 3 aliphatic carbocycles. The van der Waals surface area contributed by atoms with Crippen LogP contribution in [0, 0.1) is 36.0 Å². The molecule has 0 amide bonds. The van der Waals surface area contributed by atoms with E-state index in [9.17, 15) is 5.11 Å². The molecule has 0 spiro atoms. The van der Waals surface area contributed by atoms with E-state index in [2.05, 4.69) is 59.8 Å². The van der Waals surface area contributed by atoms with Crippen LogP contribution in [0.25, 0.3) is 0 Å². The maximum atomic E-state index is 10.2. The fraction of sp³-hybridized carbons (Fsp3) is 0.714. The number of hydrogen-bond acceptors (Lipinski definition) is 1. The summed E-state index contributed by atoms with van der Waals surface area (Å²) in [4.78, 5) is 0. The van der Waals surface area contributed by atoms with E-state index in [4.69, 9.17) is 0 Å². The Labute approximate surface area is 179 Å². The molecule has 0 bridgehead atoms. The zero-order chi connectivity index (χ0) is 20.9. The van der Waals surface area contributed by atoms with Gasteiger partial charge in [0.1, 0.15) is 0 Å². The first kappa shape index (κ1) is 21.2. The van der Waals surface area contributed by atoms with Crippen LogP contribution in [0.15, 0.2) is 18.2 Å². The monoisotopic (exact) mass is 394 g/mol. The predicted molar refractivity (Wildman–Crippen MR) is 123 cm³/mol. The summed E-state index contributed by atoms with van der Waals surface area (Å²) in [5.74, 6) is 3.58. The number of aryl methyl sites for hydroxylation is 1. The van der Waals surface area contributed by atoms with Crippen molar-refractivity contribution in [3.8, 4) is 0 Å². The van der Waals surface area contributed by atoms with Gasteiger partial charge in [0.15, 0.2) is 0 Å². The number of hydrogen-bond donors (Lipinski definition) is 1. The van der Waals surface area contributed by atoms with Crippen LogP contribution in [-0.2, 0) is 19.3 Å². The molecule has 0 aliphatic heterocycles. The highest BCUT2D eigenvalue weighted by atomic mass is 16.3. The third kappa shape index (κ3) is 3.62. The van der Waals surface area contributed by atoms with E-state index in [-0.39, 0.29) is 6.10 Å². The van der Waals surface area contributed by atoms with Crippen molar-refractivity contribution in [3.63, 3.8) is 0 Å². The molecule has 1 N–H and O–H groups in total. The lowest BCUT2D eigenvalue weighted by Crippen LogP contribution is -2.36. The minimum atomic E-state index is -0.134. The third-order valence-corrected chi connectivity index (χ3v) is 9.20. The number of rotatable bonds is 4. The van der Waals surface area contributed by atoms with Crippen LogP contribution in [0.5, 0.6) is 0 Å². The molecule has 0 aromatic heterocycles. The average molecular weight is 395 g/mol. The molecule has 1 aromatic carbocycles. The number of fused-ring (bicyclic) bond motifs is 5. The van der Waals surface area contributed by atoms with Gasteiger partial charge in [0.05, 0.1) is 6.10 Å². The van der Waals surface area contributed by atoms with E-state index in [1.807, 2.05) is 0 Å². The number of aliphatic hydroxyl groups excluding tert-OH is 1. The Morgan fingerprint density at radius 3 is 2.48 bits per heavy atom. The Morgan fingerprint density at radius 2 is 1.76 bits per heavy atom. The second-order valence-corrected chi connectivity index (χ2v) is 11.2. The van der Waals surface area contributed by atoms with E-state index in [0.29, 0.717) is 17.3 Å². The zero-order valence-corrected chi connectivity index (χ0v) is 19.6. The minimum absolute atomic E-state index is 0.134. The molecule has 0 saturated heterocycles. The van der Waals surface area contributed by atoms with Crippen LogP contribution in [0.3, 0.4) is 0 Å². The molecular formula is C28H42O. The van der Waals surface area contributed by atoms with Crippen molar-refractivity contribution in [1.29, 1.82) is 0 Å². The van der Waals surface area contributed by atoms with Gasteiger partial charge in [-0.05, 0) is 115 Å². The summed E-state index contributed by atoms with van der Waals surface area (Å²) in [6, 6.07) is 2.53. The summed E-state index contributed by atoms with van der Waals surface area (Å²) < 4.78 is 0. The quantitative estimate of drug-likeness (QED) is 0.558. The van der Waals surface area contributed by atoms with Crippen LogP contribution in [0.4, 0.5) is 0 Å². The van der Waals surface area contributed by atoms with Gasteiger partial charge in [-0.25, -0.2) is 0 Å². The minimum Gasteiger partial charge on any atom is -0.393 e. The SMILES string of the molecule is Cc1cc2c(c3c1C[C@@H](O)CC3)CC[C@]1(C)[C@@H]([C@H](C)/C=C/[C@H](C)C(C)C)CC[C@@H]21. The van der Waals surface area contributed by atoms with Gasteiger partial charge in [0.25, 0.3) is 0 Å². The van der Waals surface area contributed by atoms with Crippen LogP contribution < -0.4 is 0 Å². The molecule has 0 radical (unpaired) electrons. The van der Waals surface area contributed by atoms with Gasteiger partial charge >= 0.3 is 0 Å². The van der Waals surface area contributed by atoms with Gasteiger partial charge in [-0.15, -0.1) is 0 Å². The largest absolute Gasteiger partial charge is 0.393 e. The fourth-order valence-electron chi connectivity index (χ4n) is 6.94. The van der Waals surface area contributed by atoms with Gasteiger partial charge in [0, 0.05) is 0 Å². The summed E-state index contributed by atoms with van der Waals surface area (Å²) in [7, 11) is 0. The van der Waals surface area contributed by atoms with Gasteiger partial charge < -0.3 is 5.11 Å². The Balaban J connectivity index is 1.63. The lowest BCUT2D eigenvalue weighted by Gasteiger charge is -2.45. The summed E-state index contributed by atoms with van der Waals surface area (Å²) in [6.07, 6.45) is 13.1. The topological polar surface area (TPSA) is 20.2 Å². The van der Waals surface area contributed by atoms with Crippen molar-refractivity contribution >= 4 is 0 Å². The molecule has 3 aliphatic rings. The van der Waals surface area contributed by atoms with Gasteiger partial charge in [-0.2, -0.15) is 0 Å². The molecule has 1 aromatic rings. The second kappa shape index (κ2) is 7.88. The van der Waals surface area contributed by atoms with Gasteiger partial charge in [-0.1, -0.05) is 52.8 Å². The standard InChI is InChI=1S/C28H42O/c1-17(2)18(3)7-8-19(4)26-11-12-27-25-15-20(5)24-16-21(29)9-10-22(24)23(25)13-14-28(26,27)6/h7-8,15,17-19,21,26-27,29H,9-14,16H2,1-6H3/b8-7+/t18-,19+,21-,26+,27-,28+/m0/s1. The lowest BCUT2D eigenvalue weighted by molar-refractivity contribution is 0.140. The highest BCUT2D eigenvalue weighted by molar-refractivity contribution is 5.51. The van der Waals surface area contributed by atoms with Gasteiger partial charge in [0.2, 0.25) is 0 Å². The fourth-order valence-corrected chi connectivity index (χ4v) is 6.94. The second-order valence-electron chi connectivity index (χ2n) is 11.2. The predicted octanol–water partition coefficient (Wildman–Crippen LogP) is 6.78. The van der Waals surface area contributed by atoms with Crippen molar-refractivity contribution < 1.29 is 5.11 Å². The van der Waals surface area contributed by atoms with Crippen molar-refractivity contribution in [3.05, 3.63) is 46.0 Å². The third-order valence-electron chi connectivity index (χ3n) is 9.20. The molecule has 4 rings (SSSR count). The number of allylic oxidation sites excluding steroid dienone is 2. The molecule has 160 valence electrons. The first-order chi connectivity index (χ1) is 13.7. The molecule has 6 atom stereocenters. The van der Waals surface area contributed by atoms with Crippen molar-refractivity contribution in [2.24, 2.45) is 29.1 Å². The highest BCUT2D eigenvalue weighted by Crippen LogP contribution is 2.61. The summed E-state index contributed by atoms with van der Waals surface area (Å²) >= 11 is 0. The van der Waals surface area contributed by atoms with Crippen LogP contribution in [0.2, 0.25) is 0 Å². The van der Waals surface area contributed by atoms with Crippen LogP contribution in [-0.4, -0.2) is 11.2 Å². The molecular weight excluding hydrogens is 352 g/mol. The van der Waals surface area contributed by atoms with E-state index in [0.717, 1.165) is 37.0 Å². The summed E-state index contributed by atoms with van der Waals surface area (Å²) in [6.45, 7) is 14.4. The number of aliphatic hydroxyl groups is 1. The maximum absolute atomic E-state index is 10.2. The van der Waals surface area contributed by atoms with Crippen molar-refractivity contribution in [2.75, 3.05) is 0 Å². The van der Waals surface area contributed by atoms with Gasteiger partial charge in [-0.3, -0.25) is 0 Å². The molecule has 1 fully saturated rings. The Bertz CT molecular complexity index is 788. The molecule has 1 nitrogen and oxygen atoms in total. The molecule has 0 heterocycles. The molecule has 0 unspecified atom stereocenters. The van der Waals surface area contributed by atoms with E-state index in [1.165, 1.54) is 36.8 Å². The Hall–Kier alpha value is -1.08. The summed E-state index contributed by atoms with van der Waals surface area (Å²) in [5, 5.41) is 10.2. The van der Waals surface area contributed by atoms with Crippen LogP contribution >= 0.6 is 0 Å². The van der Waals surface area contributed by atoms with Crippen molar-refractivity contribution in [1.82, 2.24) is 0 Å². The highest BCUT2D eigenvalue weighted by Gasteiger charge is 2.51. The first-order valence-corrected chi connectivity index (χ1v) is 12.2. The molecule has 1 saturated carbocycles. The van der Waals surface area contributed by atoms with Crippen molar-refractivity contribution in [2.45, 2.75) is 98.5 Å². The normalized spacial score (nSPS) is 33.4. The van der Waals surface area contributed by atoms with E-state index < -0.39 is 0 Å². The van der Waals surface area contributed by atoms with E-state index >= 15 is 0 Å². The number of benzene rings is 1. The Morgan fingerprint density at radius 1 is 1.00 bits per heavy atom. The Kier molecular flexibility index (Phi) is 5.75. The summed E-state index contributed by atoms with van der Waals surface area (Å²) in [5.41, 5.74) is 8.32. The zero-order valence-electron chi connectivity index (χ0n) is 19.6.